The Morgan fingerprint density at radius 1 is 0.944 bits per heavy atom. The highest BCUT2D eigenvalue weighted by Gasteiger charge is 2.31. The van der Waals surface area contributed by atoms with Crippen molar-refractivity contribution in [3.63, 3.8) is 0 Å². The van der Waals surface area contributed by atoms with Gasteiger partial charge in [-0.3, -0.25) is 9.59 Å². The van der Waals surface area contributed by atoms with Crippen LogP contribution in [0.25, 0.3) is 0 Å². The Morgan fingerprint density at radius 2 is 1.64 bits per heavy atom. The van der Waals surface area contributed by atoms with Gasteiger partial charge >= 0.3 is 6.36 Å². The second kappa shape index (κ2) is 12.1. The molecule has 0 unspecified atom stereocenters. The first-order valence-electron chi connectivity index (χ1n) is 10.4. The van der Waals surface area contributed by atoms with Crippen LogP contribution < -0.4 is 29.6 Å². The van der Waals surface area contributed by atoms with Crippen molar-refractivity contribution < 1.29 is 41.7 Å². The van der Waals surface area contributed by atoms with Gasteiger partial charge in [0, 0.05) is 23.6 Å². The van der Waals surface area contributed by atoms with Gasteiger partial charge in [-0.2, -0.15) is 0 Å². The summed E-state index contributed by atoms with van der Waals surface area (Å²) in [4.78, 5) is 28.7. The number of carbonyl (C=O) groups is 2. The number of benzene rings is 2. The van der Waals surface area contributed by atoms with E-state index in [1.165, 1.54) is 30.6 Å². The van der Waals surface area contributed by atoms with Crippen molar-refractivity contribution in [2.24, 2.45) is 0 Å². The average molecular weight is 526 g/mol. The molecular weight excluding hydrogens is 503 g/mol. The number of methoxy groups -OCH3 is 2. The number of hydrogen-bond donors (Lipinski definition) is 2. The van der Waals surface area contributed by atoms with Gasteiger partial charge in [0.1, 0.15) is 33.7 Å². The Labute approximate surface area is 208 Å². The summed E-state index contributed by atoms with van der Waals surface area (Å²) in [5, 5.41) is 7.44. The van der Waals surface area contributed by atoms with Crippen LogP contribution in [-0.4, -0.2) is 44.0 Å². The van der Waals surface area contributed by atoms with E-state index >= 15 is 0 Å². The second-order valence-electron chi connectivity index (χ2n) is 7.07. The molecule has 0 spiro atoms. The van der Waals surface area contributed by atoms with E-state index in [1.54, 1.807) is 30.7 Å². The van der Waals surface area contributed by atoms with Gasteiger partial charge in [-0.1, -0.05) is 0 Å². The molecule has 0 bridgehead atoms. The summed E-state index contributed by atoms with van der Waals surface area (Å²) in [6.07, 6.45) is -4.79. The van der Waals surface area contributed by atoms with E-state index in [9.17, 15) is 22.8 Å². The molecule has 2 amide bonds. The normalized spacial score (nSPS) is 10.9. The largest absolute Gasteiger partial charge is 0.573 e. The first-order valence-corrected chi connectivity index (χ1v) is 11.2. The minimum absolute atomic E-state index is 0.0742. The highest BCUT2D eigenvalue weighted by molar-refractivity contribution is 7.09. The Kier molecular flexibility index (Phi) is 8.95. The van der Waals surface area contributed by atoms with E-state index in [2.05, 4.69) is 20.4 Å². The van der Waals surface area contributed by atoms with Gasteiger partial charge in [-0.15, -0.1) is 24.5 Å². The maximum Gasteiger partial charge on any atom is 0.573 e. The third-order valence-electron chi connectivity index (χ3n) is 4.58. The van der Waals surface area contributed by atoms with E-state index in [0.717, 1.165) is 17.7 Å². The highest BCUT2D eigenvalue weighted by Crippen LogP contribution is 2.25. The lowest BCUT2D eigenvalue weighted by atomic mass is 10.2. The lowest BCUT2D eigenvalue weighted by molar-refractivity contribution is -0.274. The van der Waals surface area contributed by atoms with Crippen molar-refractivity contribution in [2.45, 2.75) is 19.5 Å². The zero-order valence-electron chi connectivity index (χ0n) is 19.2. The number of amides is 2. The lowest BCUT2D eigenvalue weighted by Gasteiger charge is -2.11. The Balaban J connectivity index is 1.43. The molecule has 0 aliphatic rings. The van der Waals surface area contributed by atoms with Crippen molar-refractivity contribution in [3.05, 3.63) is 64.1 Å². The number of nitrogens with zero attached hydrogens (tertiary/aromatic N) is 1. The minimum Gasteiger partial charge on any atom is -0.497 e. The lowest BCUT2D eigenvalue weighted by Crippen LogP contribution is -2.28. The molecule has 3 rings (SSSR count). The van der Waals surface area contributed by atoms with Gasteiger partial charge in [-0.05, 0) is 36.4 Å². The predicted octanol–water partition coefficient (Wildman–Crippen LogP) is 3.68. The van der Waals surface area contributed by atoms with Gasteiger partial charge in [0.15, 0.2) is 6.61 Å². The summed E-state index contributed by atoms with van der Waals surface area (Å²) >= 11 is 1.20. The highest BCUT2D eigenvalue weighted by atomic mass is 32.1. The standard InChI is InChI=1S/C23H22F3N3O6S/c1-32-17-4-3-14(19(9-17)33-2)10-28-22(31)18-13-36-21(29-18)11-27-20(30)12-34-15-5-7-16(8-6-15)35-23(24,25)26/h3-9,13H,10-12H2,1-2H3,(H,27,30)(H,28,31). The molecular formula is C23H22F3N3O6S. The molecule has 2 aromatic carbocycles. The molecule has 3 aromatic rings. The number of thiazole rings is 1. The van der Waals surface area contributed by atoms with Crippen LogP contribution in [0.4, 0.5) is 13.2 Å². The third kappa shape index (κ3) is 8.05. The molecule has 2 N–H and O–H groups in total. The van der Waals surface area contributed by atoms with Crippen molar-refractivity contribution in [3.8, 4) is 23.0 Å². The van der Waals surface area contributed by atoms with Crippen LogP contribution in [0.1, 0.15) is 21.1 Å². The fourth-order valence-electron chi connectivity index (χ4n) is 2.87. The van der Waals surface area contributed by atoms with Gasteiger partial charge in [0.05, 0.1) is 20.8 Å². The summed E-state index contributed by atoms with van der Waals surface area (Å²) in [5.41, 5.74) is 0.964. The van der Waals surface area contributed by atoms with Crippen LogP contribution in [0.5, 0.6) is 23.0 Å². The number of halogens is 3. The Hall–Kier alpha value is -4.00. The summed E-state index contributed by atoms with van der Waals surface area (Å²) < 4.78 is 56.0. The minimum atomic E-state index is -4.79. The predicted molar refractivity (Wildman–Crippen MR) is 123 cm³/mol. The van der Waals surface area contributed by atoms with Crippen molar-refractivity contribution in [1.82, 2.24) is 15.6 Å². The monoisotopic (exact) mass is 525 g/mol. The van der Waals surface area contributed by atoms with Gasteiger partial charge < -0.3 is 29.6 Å². The van der Waals surface area contributed by atoms with Gasteiger partial charge in [0.25, 0.3) is 11.8 Å². The molecule has 0 saturated heterocycles. The molecule has 9 nitrogen and oxygen atoms in total. The quantitative estimate of drug-likeness (QED) is 0.393. The Morgan fingerprint density at radius 3 is 2.31 bits per heavy atom. The maximum absolute atomic E-state index is 12.4. The molecule has 0 aliphatic heterocycles. The van der Waals surface area contributed by atoms with Crippen LogP contribution in [0.2, 0.25) is 0 Å². The van der Waals surface area contributed by atoms with Crippen molar-refractivity contribution >= 4 is 23.2 Å². The molecule has 0 aliphatic carbocycles. The fourth-order valence-corrected chi connectivity index (χ4v) is 3.59. The molecule has 36 heavy (non-hydrogen) atoms. The zero-order chi connectivity index (χ0) is 26.1. The number of nitrogens with one attached hydrogen (secondary N) is 2. The van der Waals surface area contributed by atoms with Crippen molar-refractivity contribution in [2.75, 3.05) is 20.8 Å². The molecule has 192 valence electrons. The zero-order valence-corrected chi connectivity index (χ0v) is 20.0. The molecule has 0 radical (unpaired) electrons. The van der Waals surface area contributed by atoms with E-state index in [1.807, 2.05) is 0 Å². The van der Waals surface area contributed by atoms with Crippen molar-refractivity contribution in [1.29, 1.82) is 0 Å². The first-order chi connectivity index (χ1) is 17.2. The van der Waals surface area contributed by atoms with E-state index in [0.29, 0.717) is 16.5 Å². The number of rotatable bonds is 11. The van der Waals surface area contributed by atoms with Gasteiger partial charge in [-0.25, -0.2) is 4.98 Å². The summed E-state index contributed by atoms with van der Waals surface area (Å²) in [6, 6.07) is 9.91. The molecule has 0 atom stereocenters. The molecule has 13 heteroatoms. The first kappa shape index (κ1) is 26.6. The van der Waals surface area contributed by atoms with E-state index in [4.69, 9.17) is 14.2 Å². The molecule has 1 aromatic heterocycles. The maximum atomic E-state index is 12.4. The third-order valence-corrected chi connectivity index (χ3v) is 5.43. The number of aromatic nitrogens is 1. The topological polar surface area (TPSA) is 108 Å². The summed E-state index contributed by atoms with van der Waals surface area (Å²) in [6.45, 7) is -0.0665. The fraction of sp³-hybridized carbons (Fsp3) is 0.261. The molecule has 1 heterocycles. The summed E-state index contributed by atoms with van der Waals surface area (Å²) in [5.74, 6) is 0.143. The van der Waals surface area contributed by atoms with E-state index < -0.39 is 18.0 Å². The van der Waals surface area contributed by atoms with Crippen LogP contribution in [0, 0.1) is 0 Å². The summed E-state index contributed by atoms with van der Waals surface area (Å²) in [7, 11) is 3.07. The smallest absolute Gasteiger partial charge is 0.497 e. The average Bonchev–Trinajstić information content (AvgIpc) is 3.34. The number of hydrogen-bond acceptors (Lipinski definition) is 8. The SMILES string of the molecule is COc1ccc(CNC(=O)c2csc(CNC(=O)COc3ccc(OC(F)(F)F)cc3)n2)c(OC)c1. The number of ether oxygens (including phenoxy) is 4. The Bertz CT molecular complexity index is 1180. The number of alkyl halides is 3. The number of carbonyl (C=O) groups excluding carboxylic acids is 2. The van der Waals surface area contributed by atoms with Gasteiger partial charge in [0.2, 0.25) is 0 Å². The molecule has 0 saturated carbocycles. The van der Waals surface area contributed by atoms with Crippen LogP contribution in [0.15, 0.2) is 47.8 Å². The van der Waals surface area contributed by atoms with Crippen LogP contribution >= 0.6 is 11.3 Å². The second-order valence-corrected chi connectivity index (χ2v) is 8.01. The molecule has 0 fully saturated rings. The van der Waals surface area contributed by atoms with Crippen LogP contribution in [0.3, 0.4) is 0 Å². The van der Waals surface area contributed by atoms with E-state index in [-0.39, 0.29) is 37.0 Å². The van der Waals surface area contributed by atoms with Crippen LogP contribution in [-0.2, 0) is 17.9 Å².